The minimum atomic E-state index is -0.354. The molecular formula is C9H17NO2. The van der Waals surface area contributed by atoms with E-state index in [-0.39, 0.29) is 12.1 Å². The Morgan fingerprint density at radius 2 is 2.50 bits per heavy atom. The summed E-state index contributed by atoms with van der Waals surface area (Å²) in [5.41, 5.74) is 0. The molecule has 0 aromatic carbocycles. The highest BCUT2D eigenvalue weighted by atomic mass is 16.3. The highest BCUT2D eigenvalue weighted by Gasteiger charge is 2.22. The molecule has 3 nitrogen and oxygen atoms in total. The normalized spacial score (nSPS) is 28.3. The molecule has 2 atom stereocenters. The Hall–Kier alpha value is -0.410. The van der Waals surface area contributed by atoms with Gasteiger partial charge in [-0.1, -0.05) is 6.92 Å². The van der Waals surface area contributed by atoms with Crippen molar-refractivity contribution in [3.63, 3.8) is 0 Å². The van der Waals surface area contributed by atoms with Crippen LogP contribution in [0.25, 0.3) is 0 Å². The first-order valence-corrected chi connectivity index (χ1v) is 4.65. The molecule has 12 heavy (non-hydrogen) atoms. The van der Waals surface area contributed by atoms with Gasteiger partial charge in [-0.25, -0.2) is 0 Å². The molecule has 1 heterocycles. The third-order valence-corrected chi connectivity index (χ3v) is 2.47. The fourth-order valence-electron chi connectivity index (χ4n) is 1.68. The van der Waals surface area contributed by atoms with E-state index in [0.717, 1.165) is 38.6 Å². The average Bonchev–Trinajstić information content (AvgIpc) is 2.17. The van der Waals surface area contributed by atoms with E-state index in [0.29, 0.717) is 0 Å². The molecule has 1 aliphatic heterocycles. The Morgan fingerprint density at radius 3 is 3.08 bits per heavy atom. The fraction of sp³-hybridized carbons (Fsp3) is 0.889. The van der Waals surface area contributed by atoms with E-state index >= 15 is 0 Å². The van der Waals surface area contributed by atoms with Gasteiger partial charge in [-0.2, -0.15) is 0 Å². The molecule has 3 heteroatoms. The van der Waals surface area contributed by atoms with Crippen LogP contribution in [-0.2, 0) is 4.79 Å². The third-order valence-electron chi connectivity index (χ3n) is 2.47. The second kappa shape index (κ2) is 4.58. The lowest BCUT2D eigenvalue weighted by molar-refractivity contribution is -0.114. The summed E-state index contributed by atoms with van der Waals surface area (Å²) >= 11 is 0. The summed E-state index contributed by atoms with van der Waals surface area (Å²) in [6.07, 6.45) is 3.41. The summed E-state index contributed by atoms with van der Waals surface area (Å²) in [5, 5.41) is 9.51. The summed E-state index contributed by atoms with van der Waals surface area (Å²) in [5.74, 6) is 0.139. The zero-order valence-electron chi connectivity index (χ0n) is 7.57. The van der Waals surface area contributed by atoms with Crippen LogP contribution in [0.4, 0.5) is 0 Å². The fourth-order valence-corrected chi connectivity index (χ4v) is 1.68. The molecule has 0 aromatic rings. The zero-order valence-corrected chi connectivity index (χ0v) is 7.57. The number of likely N-dealkylation sites (tertiary alicyclic amines) is 1. The van der Waals surface area contributed by atoms with Gasteiger partial charge in [0.05, 0.1) is 0 Å². The Morgan fingerprint density at radius 1 is 1.75 bits per heavy atom. The number of hydrogen-bond acceptors (Lipinski definition) is 3. The van der Waals surface area contributed by atoms with E-state index in [4.69, 9.17) is 0 Å². The van der Waals surface area contributed by atoms with Gasteiger partial charge in [-0.05, 0) is 19.3 Å². The van der Waals surface area contributed by atoms with Crippen LogP contribution in [0, 0.1) is 5.92 Å². The van der Waals surface area contributed by atoms with Crippen molar-refractivity contribution in [2.24, 2.45) is 5.92 Å². The van der Waals surface area contributed by atoms with E-state index in [1.54, 1.807) is 0 Å². The molecule has 1 saturated heterocycles. The number of piperidine rings is 1. The van der Waals surface area contributed by atoms with Crippen molar-refractivity contribution in [1.82, 2.24) is 4.90 Å². The first-order chi connectivity index (χ1) is 5.77. The molecule has 0 spiro atoms. The Kier molecular flexibility index (Phi) is 3.69. The first-order valence-electron chi connectivity index (χ1n) is 4.65. The first kappa shape index (κ1) is 9.68. The maximum atomic E-state index is 10.5. The number of nitrogens with zero attached hydrogens (tertiary/aromatic N) is 1. The molecule has 0 radical (unpaired) electrons. The van der Waals surface area contributed by atoms with Gasteiger partial charge < -0.3 is 9.90 Å². The highest BCUT2D eigenvalue weighted by Crippen LogP contribution is 2.16. The van der Waals surface area contributed by atoms with Gasteiger partial charge in [0.2, 0.25) is 0 Å². The van der Waals surface area contributed by atoms with Crippen LogP contribution in [0.3, 0.4) is 0 Å². The van der Waals surface area contributed by atoms with Crippen LogP contribution in [0.1, 0.15) is 26.2 Å². The average molecular weight is 171 g/mol. The number of rotatable bonds is 3. The molecule has 1 N–H and O–H groups in total. The lowest BCUT2D eigenvalue weighted by Crippen LogP contribution is -2.42. The SMILES string of the molecule is CCC(O)N1CCCC(C=O)C1. The molecule has 0 bridgehead atoms. The van der Waals surface area contributed by atoms with Gasteiger partial charge in [-0.15, -0.1) is 0 Å². The number of carbonyl (C=O) groups excluding carboxylic acids is 1. The van der Waals surface area contributed by atoms with Gasteiger partial charge in [-0.3, -0.25) is 4.90 Å². The van der Waals surface area contributed by atoms with Crippen molar-refractivity contribution in [3.05, 3.63) is 0 Å². The molecule has 1 fully saturated rings. The van der Waals surface area contributed by atoms with E-state index < -0.39 is 0 Å². The predicted molar refractivity (Wildman–Crippen MR) is 46.7 cm³/mol. The van der Waals surface area contributed by atoms with Gasteiger partial charge in [0, 0.05) is 19.0 Å². The number of aliphatic hydroxyl groups excluding tert-OH is 1. The van der Waals surface area contributed by atoms with Gasteiger partial charge in [0.25, 0.3) is 0 Å². The highest BCUT2D eigenvalue weighted by molar-refractivity contribution is 5.53. The van der Waals surface area contributed by atoms with Crippen molar-refractivity contribution in [1.29, 1.82) is 0 Å². The van der Waals surface area contributed by atoms with Crippen LogP contribution in [0.15, 0.2) is 0 Å². The second-order valence-electron chi connectivity index (χ2n) is 3.42. The van der Waals surface area contributed by atoms with Crippen LogP contribution >= 0.6 is 0 Å². The van der Waals surface area contributed by atoms with Crippen LogP contribution < -0.4 is 0 Å². The van der Waals surface area contributed by atoms with Crippen molar-refractivity contribution in [2.75, 3.05) is 13.1 Å². The minimum absolute atomic E-state index is 0.139. The summed E-state index contributed by atoms with van der Waals surface area (Å²) in [4.78, 5) is 12.5. The van der Waals surface area contributed by atoms with E-state index in [2.05, 4.69) is 0 Å². The molecule has 1 aliphatic rings. The molecule has 0 saturated carbocycles. The molecular weight excluding hydrogens is 154 g/mol. The molecule has 70 valence electrons. The van der Waals surface area contributed by atoms with Gasteiger partial charge in [0.1, 0.15) is 12.5 Å². The summed E-state index contributed by atoms with van der Waals surface area (Å²) < 4.78 is 0. The summed E-state index contributed by atoms with van der Waals surface area (Å²) in [7, 11) is 0. The summed E-state index contributed by atoms with van der Waals surface area (Å²) in [6.45, 7) is 3.62. The van der Waals surface area contributed by atoms with E-state index in [9.17, 15) is 9.90 Å². The van der Waals surface area contributed by atoms with Crippen LogP contribution in [-0.4, -0.2) is 35.6 Å². The molecule has 0 amide bonds. The van der Waals surface area contributed by atoms with E-state index in [1.807, 2.05) is 11.8 Å². The predicted octanol–water partition coefficient (Wildman–Crippen LogP) is 0.626. The second-order valence-corrected chi connectivity index (χ2v) is 3.42. The largest absolute Gasteiger partial charge is 0.378 e. The topological polar surface area (TPSA) is 40.5 Å². The van der Waals surface area contributed by atoms with Crippen molar-refractivity contribution < 1.29 is 9.90 Å². The van der Waals surface area contributed by atoms with Crippen molar-refractivity contribution >= 4 is 6.29 Å². The lowest BCUT2D eigenvalue weighted by atomic mass is 9.99. The standard InChI is InChI=1S/C9H17NO2/c1-2-9(12)10-5-3-4-8(6-10)7-11/h7-9,12H,2-6H2,1H3. The number of hydrogen-bond donors (Lipinski definition) is 1. The zero-order chi connectivity index (χ0) is 8.97. The summed E-state index contributed by atoms with van der Waals surface area (Å²) in [6, 6.07) is 0. The van der Waals surface area contributed by atoms with Crippen molar-refractivity contribution in [2.45, 2.75) is 32.4 Å². The quantitative estimate of drug-likeness (QED) is 0.633. The maximum Gasteiger partial charge on any atom is 0.124 e. The monoisotopic (exact) mass is 171 g/mol. The third kappa shape index (κ3) is 2.29. The number of aldehydes is 1. The van der Waals surface area contributed by atoms with Crippen molar-refractivity contribution in [3.8, 4) is 0 Å². The Bertz CT molecular complexity index is 149. The molecule has 1 rings (SSSR count). The lowest BCUT2D eigenvalue weighted by Gasteiger charge is -2.33. The molecule has 0 aromatic heterocycles. The Labute approximate surface area is 73.4 Å². The van der Waals surface area contributed by atoms with Gasteiger partial charge in [0.15, 0.2) is 0 Å². The molecule has 0 aliphatic carbocycles. The Balaban J connectivity index is 2.39. The van der Waals surface area contributed by atoms with Crippen LogP contribution in [0.2, 0.25) is 0 Å². The number of aliphatic hydroxyl groups is 1. The minimum Gasteiger partial charge on any atom is -0.378 e. The van der Waals surface area contributed by atoms with Gasteiger partial charge >= 0.3 is 0 Å². The molecule has 2 unspecified atom stereocenters. The smallest absolute Gasteiger partial charge is 0.124 e. The maximum absolute atomic E-state index is 10.5. The van der Waals surface area contributed by atoms with Crippen LogP contribution in [0.5, 0.6) is 0 Å². The van der Waals surface area contributed by atoms with E-state index in [1.165, 1.54) is 0 Å². The number of carbonyl (C=O) groups is 1.